The Kier molecular flexibility index (Phi) is 5.86. The van der Waals surface area contributed by atoms with E-state index in [2.05, 4.69) is 5.32 Å². The average molecular weight is 354 g/mol. The van der Waals surface area contributed by atoms with Gasteiger partial charge in [-0.15, -0.1) is 0 Å². The van der Waals surface area contributed by atoms with E-state index in [0.717, 1.165) is 11.3 Å². The van der Waals surface area contributed by atoms with Crippen LogP contribution in [0.25, 0.3) is 0 Å². The van der Waals surface area contributed by atoms with E-state index >= 15 is 0 Å². The molecule has 26 heavy (non-hydrogen) atoms. The van der Waals surface area contributed by atoms with Gasteiger partial charge in [0.1, 0.15) is 12.4 Å². The highest BCUT2D eigenvalue weighted by Crippen LogP contribution is 2.19. The molecule has 0 spiro atoms. The van der Waals surface area contributed by atoms with Gasteiger partial charge in [0.15, 0.2) is 6.61 Å². The number of para-hydroxylation sites is 1. The van der Waals surface area contributed by atoms with Gasteiger partial charge >= 0.3 is 0 Å². The predicted octanol–water partition coefficient (Wildman–Crippen LogP) is 1.92. The molecule has 1 aliphatic rings. The lowest BCUT2D eigenvalue weighted by Gasteiger charge is -2.33. The van der Waals surface area contributed by atoms with Crippen LogP contribution in [0.5, 0.6) is 5.75 Å². The first-order valence-corrected chi connectivity index (χ1v) is 8.55. The maximum Gasteiger partial charge on any atom is 0.258 e. The van der Waals surface area contributed by atoms with E-state index in [4.69, 9.17) is 9.47 Å². The highest BCUT2D eigenvalue weighted by Gasteiger charge is 2.27. The Labute approximate surface area is 152 Å². The van der Waals surface area contributed by atoms with Crippen LogP contribution in [-0.2, 0) is 14.3 Å². The molecule has 0 bridgehead atoms. The minimum atomic E-state index is -0.256. The third-order valence-corrected chi connectivity index (χ3v) is 4.08. The number of carbonyl (C=O) groups excluding carboxylic acids is 2. The molecule has 0 aromatic heterocycles. The van der Waals surface area contributed by atoms with Crippen molar-refractivity contribution in [2.45, 2.75) is 13.0 Å². The summed E-state index contributed by atoms with van der Waals surface area (Å²) in [6.45, 7) is 2.67. The molecule has 3 rings (SSSR count). The van der Waals surface area contributed by atoms with Crippen LogP contribution in [-0.4, -0.2) is 44.2 Å². The maximum absolute atomic E-state index is 12.1. The standard InChI is InChI=1S/C20H22N2O4/c1-15-6-5-7-16(10-15)22-12-18(26-14-20(22)24)11-21-19(23)13-25-17-8-3-2-4-9-17/h2-10,18H,11-14H2,1H3,(H,21,23). The van der Waals surface area contributed by atoms with Gasteiger partial charge in [0, 0.05) is 12.2 Å². The SMILES string of the molecule is Cc1cccc(N2CC(CNC(=O)COc3ccccc3)OCC2=O)c1. The Bertz CT molecular complexity index is 763. The van der Waals surface area contributed by atoms with Crippen molar-refractivity contribution in [3.63, 3.8) is 0 Å². The second-order valence-corrected chi connectivity index (χ2v) is 6.18. The highest BCUT2D eigenvalue weighted by molar-refractivity contribution is 5.95. The van der Waals surface area contributed by atoms with Gasteiger partial charge in [-0.3, -0.25) is 9.59 Å². The Hall–Kier alpha value is -2.86. The van der Waals surface area contributed by atoms with E-state index in [-0.39, 0.29) is 31.1 Å². The molecule has 1 unspecified atom stereocenters. The molecule has 1 saturated heterocycles. The lowest BCUT2D eigenvalue weighted by atomic mass is 10.1. The zero-order chi connectivity index (χ0) is 18.4. The molecule has 1 N–H and O–H groups in total. The molecule has 6 nitrogen and oxygen atoms in total. The van der Waals surface area contributed by atoms with Crippen LogP contribution in [0.2, 0.25) is 0 Å². The molecule has 136 valence electrons. The molecule has 2 amide bonds. The fraction of sp³-hybridized carbons (Fsp3) is 0.300. The van der Waals surface area contributed by atoms with E-state index in [0.29, 0.717) is 18.8 Å². The molecule has 0 saturated carbocycles. The first kappa shape index (κ1) is 17.9. The lowest BCUT2D eigenvalue weighted by molar-refractivity contribution is -0.130. The van der Waals surface area contributed by atoms with Crippen molar-refractivity contribution in [1.29, 1.82) is 0 Å². The molecule has 2 aromatic rings. The summed E-state index contributed by atoms with van der Waals surface area (Å²) in [5, 5.41) is 2.79. The summed E-state index contributed by atoms with van der Waals surface area (Å²) >= 11 is 0. The largest absolute Gasteiger partial charge is 0.484 e. The molecule has 2 aromatic carbocycles. The van der Waals surface area contributed by atoms with Crippen molar-refractivity contribution in [1.82, 2.24) is 5.32 Å². The molecule has 1 atom stereocenters. The molecular weight excluding hydrogens is 332 g/mol. The number of nitrogens with zero attached hydrogens (tertiary/aromatic N) is 1. The number of ether oxygens (including phenoxy) is 2. The second-order valence-electron chi connectivity index (χ2n) is 6.18. The van der Waals surface area contributed by atoms with E-state index < -0.39 is 0 Å². The highest BCUT2D eigenvalue weighted by atomic mass is 16.5. The van der Waals surface area contributed by atoms with Crippen LogP contribution < -0.4 is 15.0 Å². The topological polar surface area (TPSA) is 67.9 Å². The number of rotatable bonds is 6. The van der Waals surface area contributed by atoms with Gasteiger partial charge in [0.05, 0.1) is 12.6 Å². The van der Waals surface area contributed by atoms with Crippen LogP contribution in [0, 0.1) is 6.92 Å². The minimum absolute atomic E-state index is 0.00892. The van der Waals surface area contributed by atoms with E-state index in [1.54, 1.807) is 17.0 Å². The van der Waals surface area contributed by atoms with Gasteiger partial charge in [-0.2, -0.15) is 0 Å². The number of amides is 2. The Morgan fingerprint density at radius 3 is 2.81 bits per heavy atom. The first-order valence-electron chi connectivity index (χ1n) is 8.55. The molecule has 0 aliphatic carbocycles. The number of hydrogen-bond acceptors (Lipinski definition) is 4. The number of aryl methyl sites for hydroxylation is 1. The Morgan fingerprint density at radius 2 is 2.04 bits per heavy atom. The van der Waals surface area contributed by atoms with Gasteiger partial charge in [0.2, 0.25) is 0 Å². The monoisotopic (exact) mass is 354 g/mol. The number of morpholine rings is 1. The summed E-state index contributed by atoms with van der Waals surface area (Å²) < 4.78 is 10.9. The third kappa shape index (κ3) is 4.83. The van der Waals surface area contributed by atoms with Crippen LogP contribution >= 0.6 is 0 Å². The molecule has 1 fully saturated rings. The number of nitrogens with one attached hydrogen (secondary N) is 1. The van der Waals surface area contributed by atoms with Crippen molar-refractivity contribution in [2.24, 2.45) is 0 Å². The Morgan fingerprint density at radius 1 is 1.23 bits per heavy atom. The van der Waals surface area contributed by atoms with Crippen LogP contribution in [0.1, 0.15) is 5.56 Å². The summed E-state index contributed by atoms with van der Waals surface area (Å²) in [4.78, 5) is 25.8. The zero-order valence-electron chi connectivity index (χ0n) is 14.7. The summed E-state index contributed by atoms with van der Waals surface area (Å²) in [6.07, 6.45) is -0.256. The van der Waals surface area contributed by atoms with Crippen molar-refractivity contribution >= 4 is 17.5 Å². The minimum Gasteiger partial charge on any atom is -0.484 e. The maximum atomic E-state index is 12.1. The fourth-order valence-electron chi connectivity index (χ4n) is 2.74. The number of anilines is 1. The summed E-state index contributed by atoms with van der Waals surface area (Å²) in [6, 6.07) is 16.9. The molecule has 0 radical (unpaired) electrons. The molecule has 1 aliphatic heterocycles. The van der Waals surface area contributed by atoms with Gasteiger partial charge in [-0.05, 0) is 36.8 Å². The molecular formula is C20H22N2O4. The second kappa shape index (κ2) is 8.49. The number of hydrogen-bond donors (Lipinski definition) is 1. The van der Waals surface area contributed by atoms with Crippen LogP contribution in [0.4, 0.5) is 5.69 Å². The summed E-state index contributed by atoms with van der Waals surface area (Å²) in [7, 11) is 0. The van der Waals surface area contributed by atoms with E-state index in [1.165, 1.54) is 0 Å². The first-order chi connectivity index (χ1) is 12.6. The normalized spacial score (nSPS) is 17.0. The van der Waals surface area contributed by atoms with E-state index in [1.807, 2.05) is 49.4 Å². The molecule has 6 heteroatoms. The fourth-order valence-corrected chi connectivity index (χ4v) is 2.74. The Balaban J connectivity index is 1.49. The van der Waals surface area contributed by atoms with Gasteiger partial charge in [-0.25, -0.2) is 0 Å². The average Bonchev–Trinajstić information content (AvgIpc) is 2.66. The van der Waals surface area contributed by atoms with Gasteiger partial charge in [-0.1, -0.05) is 30.3 Å². The van der Waals surface area contributed by atoms with Crippen LogP contribution in [0.3, 0.4) is 0 Å². The van der Waals surface area contributed by atoms with Crippen molar-refractivity contribution in [3.05, 3.63) is 60.2 Å². The third-order valence-electron chi connectivity index (χ3n) is 4.08. The summed E-state index contributed by atoms with van der Waals surface area (Å²) in [5.41, 5.74) is 1.94. The zero-order valence-corrected chi connectivity index (χ0v) is 14.7. The van der Waals surface area contributed by atoms with Gasteiger partial charge in [0.25, 0.3) is 11.8 Å². The van der Waals surface area contributed by atoms with E-state index in [9.17, 15) is 9.59 Å². The van der Waals surface area contributed by atoms with Gasteiger partial charge < -0.3 is 19.7 Å². The van der Waals surface area contributed by atoms with Crippen molar-refractivity contribution in [2.75, 3.05) is 31.2 Å². The number of carbonyl (C=O) groups is 2. The molecule has 1 heterocycles. The quantitative estimate of drug-likeness (QED) is 0.861. The lowest BCUT2D eigenvalue weighted by Crippen LogP contribution is -2.51. The van der Waals surface area contributed by atoms with Crippen LogP contribution in [0.15, 0.2) is 54.6 Å². The predicted molar refractivity (Wildman–Crippen MR) is 98.2 cm³/mol. The van der Waals surface area contributed by atoms with Crippen molar-refractivity contribution < 1.29 is 19.1 Å². The smallest absolute Gasteiger partial charge is 0.258 e. The van der Waals surface area contributed by atoms with Crippen molar-refractivity contribution in [3.8, 4) is 5.75 Å². The summed E-state index contributed by atoms with van der Waals surface area (Å²) in [5.74, 6) is 0.342. The number of benzene rings is 2.